The standard InChI is InChI=1S/C48H54F2N4O13.C42H46F2N4O10/c1-27-24-52(41-36(50)22-33-40(43(41)63-6)54(31-15-16-31)25-34(42(33)57)44(58)59)18-19-53(27)47(62)66-26-65-46(61)37(23-39(56)67-48(3,4)5)51-38(55)13-10-20-64-45(60)28(2)30-14-17-32(35(49)21-30)29-11-8-7-9-12-29;1-24-21-47(15-14-46-24)37-33(44)19-30-36(39(37)54-3)48(28-11-12-28)22-31(38(30)50)41(52)58-23-57-35(49)20-34(45)42(53)56-17-7-16-55-40(51)25(2)27-10-13-29(32(43)18-27)26-8-5-4-6-9-26/h7-9,11-12,14,17,21-22,25,27-28,31,37H,10,13,15-16,18-20,23-24,26H2,1-6H3,(H,51,55)(H,58,59);4-6,8-10,13,18-19,22,24-25,28,34,46H,7,11-12,14-17,20-21,23,45H2,1-3H3. The molecule has 2 aliphatic carbocycles. The number of ether oxygens (including phenoxy) is 10. The maximum absolute atomic E-state index is 15.9. The number of halogens is 4. The maximum Gasteiger partial charge on any atom is 0.413 e. The van der Waals surface area contributed by atoms with E-state index in [1.165, 1.54) is 43.6 Å². The number of carbonyl (C=O) groups is 10. The zero-order valence-corrected chi connectivity index (χ0v) is 70.6. The number of carboxylic acids is 1. The molecule has 6 aromatic carbocycles. The molecule has 2 amide bonds. The van der Waals surface area contributed by atoms with Crippen LogP contribution in [-0.4, -0.2) is 196 Å². The number of esters is 7. The van der Waals surface area contributed by atoms with Gasteiger partial charge in [-0.05, 0) is 127 Å². The number of hydrogen-bond acceptors (Lipinski definition) is 26. The molecule has 4 fully saturated rings. The highest BCUT2D eigenvalue weighted by Gasteiger charge is 2.38. The van der Waals surface area contributed by atoms with Gasteiger partial charge in [-0.1, -0.05) is 84.9 Å². The van der Waals surface area contributed by atoms with Crippen molar-refractivity contribution in [3.05, 3.63) is 188 Å². The van der Waals surface area contributed by atoms with Crippen LogP contribution >= 0.6 is 0 Å². The van der Waals surface area contributed by atoms with E-state index in [0.29, 0.717) is 58.5 Å². The van der Waals surface area contributed by atoms with Gasteiger partial charge in [0, 0.05) is 99.8 Å². The predicted molar refractivity (Wildman–Crippen MR) is 447 cm³/mol. The van der Waals surface area contributed by atoms with Crippen LogP contribution in [0, 0.1) is 23.3 Å². The Bertz CT molecular complexity index is 5490. The molecule has 4 heterocycles. The molecular formula is C90H100F4N8O23. The summed E-state index contributed by atoms with van der Waals surface area (Å²) in [6.07, 6.45) is 3.48. The number of benzene rings is 6. The average molecular weight is 1740 g/mol. The largest absolute Gasteiger partial charge is 0.492 e. The first-order chi connectivity index (χ1) is 59.6. The van der Waals surface area contributed by atoms with Crippen molar-refractivity contribution < 1.29 is 118 Å². The Morgan fingerprint density at radius 1 is 0.560 bits per heavy atom. The molecule has 6 atom stereocenters. The minimum Gasteiger partial charge on any atom is -0.492 e. The van der Waals surface area contributed by atoms with Crippen LogP contribution < -0.4 is 46.5 Å². The lowest BCUT2D eigenvalue weighted by atomic mass is 9.97. The van der Waals surface area contributed by atoms with Gasteiger partial charge in [0.1, 0.15) is 51.8 Å². The van der Waals surface area contributed by atoms with Gasteiger partial charge in [0.05, 0.1) is 80.5 Å². The van der Waals surface area contributed by atoms with Crippen LogP contribution in [0.25, 0.3) is 44.1 Å². The minimum absolute atomic E-state index is 0.0217. The third-order valence-corrected chi connectivity index (χ3v) is 21.3. The number of hydrogen-bond donors (Lipinski definition) is 4. The van der Waals surface area contributed by atoms with Gasteiger partial charge < -0.3 is 92.7 Å². The smallest absolute Gasteiger partial charge is 0.413 e. The van der Waals surface area contributed by atoms with E-state index in [9.17, 15) is 71.4 Å². The Morgan fingerprint density at radius 3 is 1.54 bits per heavy atom. The van der Waals surface area contributed by atoms with E-state index in [1.54, 1.807) is 128 Å². The molecule has 2 aromatic heterocycles. The topological polar surface area (TPSA) is 387 Å². The fourth-order valence-corrected chi connectivity index (χ4v) is 14.6. The summed E-state index contributed by atoms with van der Waals surface area (Å²) in [5, 5.41) is 15.2. The Morgan fingerprint density at radius 2 is 1.06 bits per heavy atom. The van der Waals surface area contributed by atoms with E-state index in [-0.39, 0.29) is 122 Å². The van der Waals surface area contributed by atoms with Gasteiger partial charge in [0.25, 0.3) is 0 Å². The second-order valence-corrected chi connectivity index (χ2v) is 31.8. The number of nitrogens with zero attached hydrogens (tertiary/aromatic N) is 5. The van der Waals surface area contributed by atoms with Crippen LogP contribution in [0.2, 0.25) is 0 Å². The van der Waals surface area contributed by atoms with E-state index in [0.717, 1.165) is 37.8 Å². The number of aromatic nitrogens is 2. The predicted octanol–water partition coefficient (Wildman–Crippen LogP) is 11.2. The Labute approximate surface area is 716 Å². The van der Waals surface area contributed by atoms with Crippen molar-refractivity contribution in [2.75, 3.05) is 96.7 Å². The third kappa shape index (κ3) is 23.3. The van der Waals surface area contributed by atoms with Crippen LogP contribution in [0.1, 0.15) is 162 Å². The van der Waals surface area contributed by atoms with Gasteiger partial charge in [-0.15, -0.1) is 0 Å². The lowest BCUT2D eigenvalue weighted by Crippen LogP contribution is -2.54. The normalized spacial score (nSPS) is 16.1. The van der Waals surface area contributed by atoms with Crippen LogP contribution in [0.4, 0.5) is 33.7 Å². The number of nitrogens with two attached hydrogens (primary N) is 1. The molecule has 666 valence electrons. The van der Waals surface area contributed by atoms with Crippen molar-refractivity contribution in [2.45, 2.75) is 160 Å². The third-order valence-electron chi connectivity index (χ3n) is 21.3. The molecule has 12 rings (SSSR count). The summed E-state index contributed by atoms with van der Waals surface area (Å²) >= 11 is 0. The van der Waals surface area contributed by atoms with E-state index < -0.39 is 161 Å². The Hall–Kier alpha value is -12.9. The Balaban J connectivity index is 0.000000245. The van der Waals surface area contributed by atoms with Crippen molar-refractivity contribution in [2.24, 2.45) is 5.73 Å². The second-order valence-electron chi connectivity index (χ2n) is 31.8. The molecule has 2 saturated carbocycles. The van der Waals surface area contributed by atoms with Gasteiger partial charge in [0.15, 0.2) is 23.1 Å². The fraction of sp³-hybridized carbons (Fsp3) is 0.422. The zero-order valence-electron chi connectivity index (χ0n) is 70.6. The lowest BCUT2D eigenvalue weighted by Gasteiger charge is -2.40. The molecule has 31 nitrogen and oxygen atoms in total. The quantitative estimate of drug-likeness (QED) is 0.00975. The fourth-order valence-electron chi connectivity index (χ4n) is 14.6. The molecule has 2 aliphatic heterocycles. The summed E-state index contributed by atoms with van der Waals surface area (Å²) in [5.74, 6) is -12.0. The first-order valence-corrected chi connectivity index (χ1v) is 40.9. The van der Waals surface area contributed by atoms with Crippen LogP contribution in [-0.2, 0) is 71.5 Å². The monoisotopic (exact) mass is 1740 g/mol. The minimum atomic E-state index is -1.54. The van der Waals surface area contributed by atoms with Crippen molar-refractivity contribution in [3.8, 4) is 33.8 Å². The number of rotatable bonds is 33. The van der Waals surface area contributed by atoms with Gasteiger partial charge in [0.2, 0.25) is 30.4 Å². The van der Waals surface area contributed by atoms with Crippen molar-refractivity contribution in [3.63, 3.8) is 0 Å². The maximum atomic E-state index is 15.9. The molecule has 8 aromatic rings. The van der Waals surface area contributed by atoms with Crippen molar-refractivity contribution in [1.82, 2.24) is 24.7 Å². The summed E-state index contributed by atoms with van der Waals surface area (Å²) < 4.78 is 118. The first-order valence-electron chi connectivity index (χ1n) is 40.9. The van der Waals surface area contributed by atoms with E-state index in [4.69, 9.17) is 53.1 Å². The number of fused-ring (bicyclic) bond motifs is 2. The van der Waals surface area contributed by atoms with Gasteiger partial charge in [-0.3, -0.25) is 38.4 Å². The summed E-state index contributed by atoms with van der Waals surface area (Å²) in [4.78, 5) is 159. The molecule has 0 radical (unpaired) electrons. The number of aromatic carboxylic acids is 1. The zero-order chi connectivity index (χ0) is 90.3. The van der Waals surface area contributed by atoms with Crippen molar-refractivity contribution >= 4 is 92.9 Å². The second kappa shape index (κ2) is 41.5. The number of anilines is 2. The van der Waals surface area contributed by atoms with Crippen molar-refractivity contribution in [1.29, 1.82) is 0 Å². The molecule has 5 N–H and O–H groups in total. The van der Waals surface area contributed by atoms with E-state index in [2.05, 4.69) is 10.6 Å². The molecule has 4 aliphatic rings. The molecule has 35 heteroatoms. The highest BCUT2D eigenvalue weighted by Crippen LogP contribution is 2.46. The number of amides is 2. The lowest BCUT2D eigenvalue weighted by molar-refractivity contribution is -0.164. The first kappa shape index (κ1) is 92.8. The molecule has 2 saturated heterocycles. The van der Waals surface area contributed by atoms with Gasteiger partial charge in [-0.25, -0.2) is 36.7 Å². The molecule has 0 spiro atoms. The summed E-state index contributed by atoms with van der Waals surface area (Å²) in [6.45, 7) is 11.4. The SMILES string of the molecule is COc1c(N2CCN(C(=O)OCOC(=O)C(CC(=O)OC(C)(C)C)NC(=O)CCCOC(=O)C(C)c3ccc(-c4ccccc4)c(F)c3)C(C)C2)c(F)cc2c(=O)c(C(=O)O)cn(C3CC3)c12.COc1c(N2CCNC(C)C2)c(F)cc2c(=O)c(C(=O)OCOC(=O)CC(N)C(=O)OCCCOC(=O)C(C)c3ccc(-c4ccccc4)c(F)c3)cn(C3CC3)c12. The van der Waals surface area contributed by atoms with Crippen LogP contribution in [0.15, 0.2) is 131 Å². The molecule has 125 heavy (non-hydrogen) atoms. The number of methoxy groups -OCH3 is 2. The number of carbonyl (C=O) groups excluding carboxylic acids is 9. The van der Waals surface area contributed by atoms with Gasteiger partial charge in [-0.2, -0.15) is 0 Å². The summed E-state index contributed by atoms with van der Waals surface area (Å²) in [5.41, 5.74) is 6.37. The molecule has 6 unspecified atom stereocenters. The van der Waals surface area contributed by atoms with E-state index in [1.807, 2.05) is 24.0 Å². The van der Waals surface area contributed by atoms with Crippen LogP contribution in [0.3, 0.4) is 0 Å². The van der Waals surface area contributed by atoms with Gasteiger partial charge >= 0.3 is 53.8 Å². The number of nitrogens with one attached hydrogen (secondary N) is 2. The number of pyridine rings is 2. The highest BCUT2D eigenvalue weighted by atomic mass is 19.1. The molecule has 0 bridgehead atoms. The summed E-state index contributed by atoms with van der Waals surface area (Å²) in [7, 11) is 2.74. The van der Waals surface area contributed by atoms with Crippen LogP contribution in [0.5, 0.6) is 11.5 Å². The summed E-state index contributed by atoms with van der Waals surface area (Å²) in [6, 6.07) is 25.6. The molecular weight excluding hydrogens is 1640 g/mol. The number of carboxylic acid groups (broad SMARTS) is 1. The highest BCUT2D eigenvalue weighted by molar-refractivity contribution is 5.99. The average Bonchev–Trinajstić information content (AvgIpc) is 1.69. The number of piperazine rings is 2. The Kier molecular flexibility index (Phi) is 30.8. The van der Waals surface area contributed by atoms with E-state index >= 15 is 8.78 Å².